The smallest absolute Gasteiger partial charge is 0.0876 e. The fraction of sp³-hybridized carbons (Fsp3) is 1.00. The van der Waals surface area contributed by atoms with Crippen LogP contribution in [0.15, 0.2) is 0 Å². The summed E-state index contributed by atoms with van der Waals surface area (Å²) in [4.78, 5) is -0.236. The minimum atomic E-state index is -0.236. The third-order valence-corrected chi connectivity index (χ3v) is 0.783. The number of hydrogen-bond donors (Lipinski definition) is 1. The van der Waals surface area contributed by atoms with Gasteiger partial charge in [0.2, 0.25) is 0 Å². The van der Waals surface area contributed by atoms with Gasteiger partial charge in [-0.1, -0.05) is 0 Å². The van der Waals surface area contributed by atoms with Gasteiger partial charge in [0.15, 0.2) is 0 Å². The molecule has 0 radical (unpaired) electrons. The molecule has 0 saturated heterocycles. The molecule has 0 aliphatic rings. The minimum absolute atomic E-state index is 0.236. The third-order valence-electron chi connectivity index (χ3n) is 0.594. The lowest BCUT2D eigenvalue weighted by atomic mass is 10.4. The molecule has 0 saturated carbocycles. The van der Waals surface area contributed by atoms with E-state index in [1.165, 1.54) is 0 Å². The summed E-state index contributed by atoms with van der Waals surface area (Å²) < 4.78 is 0. The lowest BCUT2D eigenvalue weighted by molar-refractivity contribution is 0.596. The normalized spacial score (nSPS) is 12.0. The Morgan fingerprint density at radius 2 is 1.67 bits per heavy atom. The molecule has 0 heterocycles. The molecule has 38 valence electrons. The summed E-state index contributed by atoms with van der Waals surface area (Å²) in [5.74, 6) is 0. The Morgan fingerprint density at radius 3 is 1.67 bits per heavy atom. The Hall–Kier alpha value is 0.250. The van der Waals surface area contributed by atoms with Crippen LogP contribution in [0.4, 0.5) is 0 Å². The highest BCUT2D eigenvalue weighted by atomic mass is 35.5. The maximum Gasteiger partial charge on any atom is 0.0876 e. The Balaban J connectivity index is 3.17. The van der Waals surface area contributed by atoms with E-state index >= 15 is 0 Å². The van der Waals surface area contributed by atoms with Gasteiger partial charge >= 0.3 is 0 Å². The van der Waals surface area contributed by atoms with E-state index in [0.29, 0.717) is 0 Å². The van der Waals surface area contributed by atoms with Crippen molar-refractivity contribution in [3.63, 3.8) is 0 Å². The standard InChI is InChI=1S/C4H10ClN/c1-4(2,5)6-3/h6H,1-3H3. The van der Waals surface area contributed by atoms with Crippen LogP contribution in [0.1, 0.15) is 13.8 Å². The highest BCUT2D eigenvalue weighted by molar-refractivity contribution is 6.23. The van der Waals surface area contributed by atoms with Crippen molar-refractivity contribution in [2.24, 2.45) is 0 Å². The van der Waals surface area contributed by atoms with E-state index in [9.17, 15) is 0 Å². The van der Waals surface area contributed by atoms with E-state index in [0.717, 1.165) is 0 Å². The van der Waals surface area contributed by atoms with E-state index in [4.69, 9.17) is 11.6 Å². The lowest BCUT2D eigenvalue weighted by Crippen LogP contribution is -2.28. The van der Waals surface area contributed by atoms with Gasteiger partial charge in [-0.15, -0.1) is 11.6 Å². The number of halogens is 1. The topological polar surface area (TPSA) is 12.0 Å². The summed E-state index contributed by atoms with van der Waals surface area (Å²) in [6.45, 7) is 3.79. The maximum absolute atomic E-state index is 5.61. The molecule has 0 unspecified atom stereocenters. The second-order valence-electron chi connectivity index (χ2n) is 1.72. The molecule has 0 rings (SSSR count). The van der Waals surface area contributed by atoms with Gasteiger partial charge in [0, 0.05) is 0 Å². The van der Waals surface area contributed by atoms with Crippen molar-refractivity contribution in [1.82, 2.24) is 5.32 Å². The molecule has 0 aromatic rings. The molecule has 0 bridgehead atoms. The molecule has 0 aliphatic heterocycles. The van der Waals surface area contributed by atoms with E-state index in [1.54, 1.807) is 0 Å². The molecule has 6 heavy (non-hydrogen) atoms. The van der Waals surface area contributed by atoms with Crippen molar-refractivity contribution in [3.05, 3.63) is 0 Å². The number of rotatable bonds is 1. The van der Waals surface area contributed by atoms with Crippen LogP contribution in [0, 0.1) is 0 Å². The summed E-state index contributed by atoms with van der Waals surface area (Å²) in [5.41, 5.74) is 0. The Bertz CT molecular complexity index is 37.3. The highest BCUT2D eigenvalue weighted by Crippen LogP contribution is 2.04. The molecule has 1 nitrogen and oxygen atoms in total. The van der Waals surface area contributed by atoms with E-state index in [-0.39, 0.29) is 5.00 Å². The van der Waals surface area contributed by atoms with Gasteiger partial charge in [-0.05, 0) is 20.9 Å². The predicted octanol–water partition coefficient (Wildman–Crippen LogP) is 1.18. The first-order chi connectivity index (χ1) is 2.56. The zero-order valence-corrected chi connectivity index (χ0v) is 5.13. The molecule has 2 heteroatoms. The van der Waals surface area contributed by atoms with Gasteiger partial charge in [0.25, 0.3) is 0 Å². The molecular formula is C4H10ClN. The van der Waals surface area contributed by atoms with Gasteiger partial charge in [0.05, 0.1) is 5.00 Å². The summed E-state index contributed by atoms with van der Waals surface area (Å²) in [6.07, 6.45) is 0. The summed E-state index contributed by atoms with van der Waals surface area (Å²) in [5, 5.41) is 2.87. The van der Waals surface area contributed by atoms with E-state index in [1.807, 2.05) is 20.9 Å². The Morgan fingerprint density at radius 1 is 1.50 bits per heavy atom. The molecule has 0 aliphatic carbocycles. The Labute approximate surface area is 43.7 Å². The van der Waals surface area contributed by atoms with Crippen LogP contribution in [0.2, 0.25) is 0 Å². The first-order valence-corrected chi connectivity index (χ1v) is 2.32. The minimum Gasteiger partial charge on any atom is -0.302 e. The summed E-state index contributed by atoms with van der Waals surface area (Å²) in [6, 6.07) is 0. The second-order valence-corrected chi connectivity index (χ2v) is 2.67. The second kappa shape index (κ2) is 1.80. The van der Waals surface area contributed by atoms with E-state index in [2.05, 4.69) is 5.32 Å². The van der Waals surface area contributed by atoms with Gasteiger partial charge < -0.3 is 5.32 Å². The average molecular weight is 108 g/mol. The molecule has 0 fully saturated rings. The molecule has 0 spiro atoms. The lowest BCUT2D eigenvalue weighted by Gasteiger charge is -2.11. The van der Waals surface area contributed by atoms with Gasteiger partial charge in [0.1, 0.15) is 0 Å². The van der Waals surface area contributed by atoms with Crippen LogP contribution in [0.5, 0.6) is 0 Å². The van der Waals surface area contributed by atoms with Crippen molar-refractivity contribution in [1.29, 1.82) is 0 Å². The highest BCUT2D eigenvalue weighted by Gasteiger charge is 2.05. The van der Waals surface area contributed by atoms with Crippen LogP contribution < -0.4 is 5.32 Å². The van der Waals surface area contributed by atoms with Crippen LogP contribution in [-0.2, 0) is 0 Å². The molecule has 0 atom stereocenters. The maximum atomic E-state index is 5.61. The molecular weight excluding hydrogens is 97.5 g/mol. The van der Waals surface area contributed by atoms with Gasteiger partial charge in [-0.3, -0.25) is 0 Å². The number of hydrogen-bond acceptors (Lipinski definition) is 1. The Kier molecular flexibility index (Phi) is 1.88. The zero-order valence-electron chi connectivity index (χ0n) is 4.38. The third kappa shape index (κ3) is 4.25. The van der Waals surface area contributed by atoms with Crippen molar-refractivity contribution >= 4 is 11.6 Å². The van der Waals surface area contributed by atoms with Crippen LogP contribution in [0.3, 0.4) is 0 Å². The SMILES string of the molecule is CNC(C)(C)Cl. The van der Waals surface area contributed by atoms with Crippen LogP contribution in [0.25, 0.3) is 0 Å². The van der Waals surface area contributed by atoms with Crippen molar-refractivity contribution in [2.45, 2.75) is 18.8 Å². The number of nitrogens with one attached hydrogen (secondary N) is 1. The first kappa shape index (κ1) is 6.25. The van der Waals surface area contributed by atoms with Gasteiger partial charge in [-0.25, -0.2) is 0 Å². The van der Waals surface area contributed by atoms with Gasteiger partial charge in [-0.2, -0.15) is 0 Å². The predicted molar refractivity (Wildman–Crippen MR) is 29.0 cm³/mol. The van der Waals surface area contributed by atoms with Crippen LogP contribution >= 0.6 is 11.6 Å². The molecule has 0 aromatic heterocycles. The van der Waals surface area contributed by atoms with E-state index < -0.39 is 0 Å². The molecule has 1 N–H and O–H groups in total. The zero-order chi connectivity index (χ0) is 5.21. The molecule has 0 aromatic carbocycles. The van der Waals surface area contributed by atoms with Crippen molar-refractivity contribution in [3.8, 4) is 0 Å². The van der Waals surface area contributed by atoms with Crippen molar-refractivity contribution in [2.75, 3.05) is 7.05 Å². The first-order valence-electron chi connectivity index (χ1n) is 1.94. The fourth-order valence-corrected chi connectivity index (χ4v) is 0. The quantitative estimate of drug-likeness (QED) is 0.392. The summed E-state index contributed by atoms with van der Waals surface area (Å²) >= 11 is 5.61. The number of alkyl halides is 1. The summed E-state index contributed by atoms with van der Waals surface area (Å²) in [7, 11) is 1.83. The fourth-order valence-electron chi connectivity index (χ4n) is 0. The monoisotopic (exact) mass is 107 g/mol. The average Bonchev–Trinajstić information content (AvgIpc) is 1.35. The van der Waals surface area contributed by atoms with Crippen LogP contribution in [-0.4, -0.2) is 12.0 Å². The largest absolute Gasteiger partial charge is 0.302 e. The molecule has 0 amide bonds. The van der Waals surface area contributed by atoms with Crippen molar-refractivity contribution < 1.29 is 0 Å².